The van der Waals surface area contributed by atoms with Crippen molar-refractivity contribution in [3.05, 3.63) is 24.3 Å². The Kier molecular flexibility index (Phi) is 6.97. The minimum atomic E-state index is -3.17. The SMILES string of the molecule is CS(=O)(=O)NCCCNC(=O)CCOc1ccccc1N. The van der Waals surface area contributed by atoms with E-state index in [1.807, 2.05) is 0 Å². The van der Waals surface area contributed by atoms with Crippen LogP contribution >= 0.6 is 0 Å². The fourth-order valence-corrected chi connectivity index (χ4v) is 2.04. The molecule has 21 heavy (non-hydrogen) atoms. The molecule has 0 saturated heterocycles. The van der Waals surface area contributed by atoms with Gasteiger partial charge in [-0.15, -0.1) is 0 Å². The van der Waals surface area contributed by atoms with Gasteiger partial charge in [-0.05, 0) is 18.6 Å². The second-order valence-corrected chi connectivity index (χ2v) is 6.34. The molecule has 0 radical (unpaired) electrons. The number of amides is 1. The molecule has 7 nitrogen and oxygen atoms in total. The highest BCUT2D eigenvalue weighted by Crippen LogP contribution is 2.19. The van der Waals surface area contributed by atoms with Crippen LogP contribution in [0, 0.1) is 0 Å². The van der Waals surface area contributed by atoms with Crippen LogP contribution in [0.4, 0.5) is 5.69 Å². The maximum absolute atomic E-state index is 11.5. The number of para-hydroxylation sites is 2. The van der Waals surface area contributed by atoms with Gasteiger partial charge < -0.3 is 15.8 Å². The van der Waals surface area contributed by atoms with Crippen LogP contribution in [0.3, 0.4) is 0 Å². The molecule has 0 unspecified atom stereocenters. The predicted octanol–water partition coefficient (Wildman–Crippen LogP) is 0.0932. The lowest BCUT2D eigenvalue weighted by atomic mass is 10.3. The van der Waals surface area contributed by atoms with E-state index in [9.17, 15) is 13.2 Å². The summed E-state index contributed by atoms with van der Waals surface area (Å²) in [6, 6.07) is 7.08. The Morgan fingerprint density at radius 2 is 2.00 bits per heavy atom. The van der Waals surface area contributed by atoms with Crippen LogP contribution < -0.4 is 20.5 Å². The van der Waals surface area contributed by atoms with Gasteiger partial charge in [0.1, 0.15) is 5.75 Å². The lowest BCUT2D eigenvalue weighted by molar-refractivity contribution is -0.121. The van der Waals surface area contributed by atoms with E-state index in [0.29, 0.717) is 30.9 Å². The quantitative estimate of drug-likeness (QED) is 0.442. The molecule has 0 aliphatic heterocycles. The van der Waals surface area contributed by atoms with Crippen LogP contribution in [0.2, 0.25) is 0 Å². The van der Waals surface area contributed by atoms with Gasteiger partial charge in [0.25, 0.3) is 0 Å². The number of nitrogens with one attached hydrogen (secondary N) is 2. The molecule has 0 atom stereocenters. The summed E-state index contributed by atoms with van der Waals surface area (Å²) in [5, 5.41) is 2.68. The lowest BCUT2D eigenvalue weighted by Gasteiger charge is -2.09. The van der Waals surface area contributed by atoms with E-state index < -0.39 is 10.0 Å². The fraction of sp³-hybridized carbons (Fsp3) is 0.462. The number of nitrogens with two attached hydrogens (primary N) is 1. The monoisotopic (exact) mass is 315 g/mol. The standard InChI is InChI=1S/C13H21N3O4S/c1-21(18,19)16-9-4-8-15-13(17)7-10-20-12-6-3-2-5-11(12)14/h2-3,5-6,16H,4,7-10,14H2,1H3,(H,15,17). The Balaban J connectivity index is 2.11. The Bertz CT molecular complexity index is 560. The third kappa shape index (κ3) is 8.16. The maximum atomic E-state index is 11.5. The molecule has 0 aliphatic rings. The van der Waals surface area contributed by atoms with Crippen LogP contribution in [-0.4, -0.2) is 40.3 Å². The highest BCUT2D eigenvalue weighted by Gasteiger charge is 2.04. The molecule has 0 aromatic heterocycles. The second kappa shape index (κ2) is 8.48. The molecule has 8 heteroatoms. The Labute approximate surface area is 124 Å². The van der Waals surface area contributed by atoms with E-state index in [1.54, 1.807) is 24.3 Å². The molecule has 0 aliphatic carbocycles. The predicted molar refractivity (Wildman–Crippen MR) is 81.4 cm³/mol. The summed E-state index contributed by atoms with van der Waals surface area (Å²) in [7, 11) is -3.17. The first-order valence-electron chi connectivity index (χ1n) is 6.57. The van der Waals surface area contributed by atoms with Crippen LogP contribution in [0.5, 0.6) is 5.75 Å². The number of benzene rings is 1. The third-order valence-electron chi connectivity index (χ3n) is 2.55. The summed E-state index contributed by atoms with van der Waals surface area (Å²) in [5.41, 5.74) is 6.24. The number of hydrogen-bond donors (Lipinski definition) is 3. The number of sulfonamides is 1. The van der Waals surface area contributed by atoms with Gasteiger partial charge in [0.15, 0.2) is 0 Å². The zero-order valence-electron chi connectivity index (χ0n) is 12.0. The Morgan fingerprint density at radius 3 is 2.67 bits per heavy atom. The smallest absolute Gasteiger partial charge is 0.223 e. The van der Waals surface area contributed by atoms with E-state index in [-0.39, 0.29) is 18.9 Å². The first-order chi connectivity index (χ1) is 9.88. The van der Waals surface area contributed by atoms with Crippen molar-refractivity contribution in [1.29, 1.82) is 0 Å². The molecule has 4 N–H and O–H groups in total. The number of hydrogen-bond acceptors (Lipinski definition) is 5. The van der Waals surface area contributed by atoms with Crippen molar-refractivity contribution in [2.24, 2.45) is 0 Å². The van der Waals surface area contributed by atoms with Crippen molar-refractivity contribution < 1.29 is 17.9 Å². The second-order valence-electron chi connectivity index (χ2n) is 4.51. The Morgan fingerprint density at radius 1 is 1.29 bits per heavy atom. The van der Waals surface area contributed by atoms with Gasteiger partial charge in [0, 0.05) is 13.1 Å². The number of carbonyl (C=O) groups is 1. The summed E-state index contributed by atoms with van der Waals surface area (Å²) < 4.78 is 29.4. The molecule has 1 amide bonds. The highest BCUT2D eigenvalue weighted by atomic mass is 32.2. The minimum absolute atomic E-state index is 0.149. The van der Waals surface area contributed by atoms with Crippen molar-refractivity contribution in [2.75, 3.05) is 31.7 Å². The van der Waals surface area contributed by atoms with Crippen molar-refractivity contribution >= 4 is 21.6 Å². The van der Waals surface area contributed by atoms with Gasteiger partial charge in [-0.1, -0.05) is 12.1 Å². The molecule has 1 rings (SSSR count). The zero-order valence-corrected chi connectivity index (χ0v) is 12.8. The Hall–Kier alpha value is -1.80. The van der Waals surface area contributed by atoms with Crippen LogP contribution in [-0.2, 0) is 14.8 Å². The minimum Gasteiger partial charge on any atom is -0.491 e. The third-order valence-corrected chi connectivity index (χ3v) is 3.27. The lowest BCUT2D eigenvalue weighted by Crippen LogP contribution is -2.30. The number of anilines is 1. The first kappa shape index (κ1) is 17.3. The van der Waals surface area contributed by atoms with Gasteiger partial charge in [-0.3, -0.25) is 4.79 Å². The maximum Gasteiger partial charge on any atom is 0.223 e. The van der Waals surface area contributed by atoms with Crippen molar-refractivity contribution in [3.8, 4) is 5.75 Å². The van der Waals surface area contributed by atoms with Gasteiger partial charge in [0.05, 0.1) is 25.0 Å². The molecular formula is C13H21N3O4S. The topological polar surface area (TPSA) is 111 Å². The van der Waals surface area contributed by atoms with Crippen LogP contribution in [0.15, 0.2) is 24.3 Å². The van der Waals surface area contributed by atoms with Gasteiger partial charge in [-0.25, -0.2) is 13.1 Å². The first-order valence-corrected chi connectivity index (χ1v) is 8.46. The number of nitrogen functional groups attached to an aromatic ring is 1. The number of ether oxygens (including phenoxy) is 1. The average molecular weight is 315 g/mol. The molecule has 0 bridgehead atoms. The summed E-state index contributed by atoms with van der Waals surface area (Å²) in [5.74, 6) is 0.409. The van der Waals surface area contributed by atoms with Crippen LogP contribution in [0.1, 0.15) is 12.8 Å². The van der Waals surface area contributed by atoms with Gasteiger partial charge in [-0.2, -0.15) is 0 Å². The molecule has 0 heterocycles. The number of carbonyl (C=O) groups excluding carboxylic acids is 1. The summed E-state index contributed by atoms with van der Waals surface area (Å²) in [4.78, 5) is 11.5. The average Bonchev–Trinajstić information content (AvgIpc) is 2.39. The molecule has 0 spiro atoms. The molecule has 0 saturated carbocycles. The normalized spacial score (nSPS) is 11.1. The van der Waals surface area contributed by atoms with Crippen LogP contribution in [0.25, 0.3) is 0 Å². The summed E-state index contributed by atoms with van der Waals surface area (Å²) >= 11 is 0. The van der Waals surface area contributed by atoms with Crippen molar-refractivity contribution in [2.45, 2.75) is 12.8 Å². The van der Waals surface area contributed by atoms with E-state index in [4.69, 9.17) is 10.5 Å². The fourth-order valence-electron chi connectivity index (χ4n) is 1.53. The van der Waals surface area contributed by atoms with E-state index in [2.05, 4.69) is 10.0 Å². The highest BCUT2D eigenvalue weighted by molar-refractivity contribution is 7.88. The molecule has 1 aromatic rings. The van der Waals surface area contributed by atoms with E-state index in [1.165, 1.54) is 0 Å². The molecule has 0 fully saturated rings. The van der Waals surface area contributed by atoms with Gasteiger partial charge >= 0.3 is 0 Å². The molecule has 118 valence electrons. The van der Waals surface area contributed by atoms with E-state index in [0.717, 1.165) is 6.26 Å². The zero-order chi connectivity index (χ0) is 15.7. The molecular weight excluding hydrogens is 294 g/mol. The summed E-state index contributed by atoms with van der Waals surface area (Å²) in [6.07, 6.45) is 1.84. The van der Waals surface area contributed by atoms with Crippen molar-refractivity contribution in [1.82, 2.24) is 10.0 Å². The van der Waals surface area contributed by atoms with E-state index >= 15 is 0 Å². The largest absolute Gasteiger partial charge is 0.491 e. The summed E-state index contributed by atoms with van der Waals surface area (Å²) in [6.45, 7) is 0.951. The van der Waals surface area contributed by atoms with Gasteiger partial charge in [0.2, 0.25) is 15.9 Å². The van der Waals surface area contributed by atoms with Crippen molar-refractivity contribution in [3.63, 3.8) is 0 Å². The number of rotatable bonds is 9. The molecule has 1 aromatic carbocycles.